The highest BCUT2D eigenvalue weighted by Crippen LogP contribution is 2.28. The fourth-order valence-electron chi connectivity index (χ4n) is 2.39. The molecule has 0 atom stereocenters. The number of carbonyl (C=O) groups is 1. The van der Waals surface area contributed by atoms with Gasteiger partial charge in [-0.15, -0.1) is 0 Å². The smallest absolute Gasteiger partial charge is 0.234 e. The SMILES string of the molecule is COc1cc(CNC(=O)CC#N)ccc1OCCN1CCOCC1. The zero-order valence-electron chi connectivity index (χ0n) is 13.9. The molecule has 1 fully saturated rings. The third kappa shape index (κ3) is 5.72. The number of hydrogen-bond acceptors (Lipinski definition) is 6. The lowest BCUT2D eigenvalue weighted by Gasteiger charge is -2.26. The Kier molecular flexibility index (Phi) is 7.33. The first-order chi connectivity index (χ1) is 11.7. The lowest BCUT2D eigenvalue weighted by molar-refractivity contribution is -0.120. The Balaban J connectivity index is 1.84. The van der Waals surface area contributed by atoms with Gasteiger partial charge in [-0.3, -0.25) is 9.69 Å². The van der Waals surface area contributed by atoms with E-state index in [0.717, 1.165) is 38.4 Å². The Labute approximate surface area is 142 Å². The van der Waals surface area contributed by atoms with Crippen LogP contribution in [0.15, 0.2) is 18.2 Å². The van der Waals surface area contributed by atoms with Crippen LogP contribution in [0.3, 0.4) is 0 Å². The van der Waals surface area contributed by atoms with Crippen LogP contribution in [0.2, 0.25) is 0 Å². The Bertz CT molecular complexity index is 580. The van der Waals surface area contributed by atoms with Gasteiger partial charge in [0, 0.05) is 26.2 Å². The van der Waals surface area contributed by atoms with Crippen molar-refractivity contribution >= 4 is 5.91 Å². The summed E-state index contributed by atoms with van der Waals surface area (Å²) in [7, 11) is 1.59. The van der Waals surface area contributed by atoms with Gasteiger partial charge < -0.3 is 19.5 Å². The van der Waals surface area contributed by atoms with Crippen molar-refractivity contribution in [3.63, 3.8) is 0 Å². The molecule has 24 heavy (non-hydrogen) atoms. The van der Waals surface area contributed by atoms with Crippen LogP contribution in [0.4, 0.5) is 0 Å². The number of morpholine rings is 1. The van der Waals surface area contributed by atoms with Crippen LogP contribution in [0, 0.1) is 11.3 Å². The van der Waals surface area contributed by atoms with Gasteiger partial charge in [0.15, 0.2) is 11.5 Å². The third-order valence-corrected chi connectivity index (χ3v) is 3.73. The summed E-state index contributed by atoms with van der Waals surface area (Å²) in [6.45, 7) is 5.19. The standard InChI is InChI=1S/C17H23N3O4/c1-22-16-12-14(13-19-17(21)4-5-18)2-3-15(16)24-11-8-20-6-9-23-10-7-20/h2-3,12H,4,6-11,13H2,1H3,(H,19,21). The molecule has 1 aliphatic heterocycles. The number of nitrogens with one attached hydrogen (secondary N) is 1. The highest BCUT2D eigenvalue weighted by Gasteiger charge is 2.11. The van der Waals surface area contributed by atoms with Crippen LogP contribution in [-0.4, -0.2) is 57.4 Å². The summed E-state index contributed by atoms with van der Waals surface area (Å²) in [5.74, 6) is 1.02. The molecule has 2 rings (SSSR count). The molecule has 0 aliphatic carbocycles. The second-order valence-corrected chi connectivity index (χ2v) is 5.40. The predicted molar refractivity (Wildman–Crippen MR) is 87.8 cm³/mol. The molecule has 1 heterocycles. The monoisotopic (exact) mass is 333 g/mol. The summed E-state index contributed by atoms with van der Waals surface area (Å²) in [6, 6.07) is 7.36. The van der Waals surface area contributed by atoms with Crippen molar-refractivity contribution < 1.29 is 19.0 Å². The van der Waals surface area contributed by atoms with Crippen molar-refractivity contribution in [3.8, 4) is 17.6 Å². The average Bonchev–Trinajstić information content (AvgIpc) is 2.62. The minimum atomic E-state index is -0.290. The van der Waals surface area contributed by atoms with Crippen molar-refractivity contribution in [1.82, 2.24) is 10.2 Å². The number of nitrogens with zero attached hydrogens (tertiary/aromatic N) is 2. The molecule has 1 aliphatic rings. The molecule has 0 saturated carbocycles. The maximum Gasteiger partial charge on any atom is 0.234 e. The van der Waals surface area contributed by atoms with Gasteiger partial charge in [0.2, 0.25) is 5.91 Å². The molecule has 0 bridgehead atoms. The van der Waals surface area contributed by atoms with E-state index in [1.54, 1.807) is 7.11 Å². The zero-order chi connectivity index (χ0) is 17.2. The van der Waals surface area contributed by atoms with E-state index in [2.05, 4.69) is 10.2 Å². The third-order valence-electron chi connectivity index (χ3n) is 3.73. The Hall–Kier alpha value is -2.30. The minimum Gasteiger partial charge on any atom is -0.493 e. The van der Waals surface area contributed by atoms with Crippen LogP contribution in [-0.2, 0) is 16.1 Å². The molecular formula is C17H23N3O4. The average molecular weight is 333 g/mol. The second-order valence-electron chi connectivity index (χ2n) is 5.40. The van der Waals surface area contributed by atoms with Crippen LogP contribution < -0.4 is 14.8 Å². The molecule has 0 unspecified atom stereocenters. The van der Waals surface area contributed by atoms with Crippen molar-refractivity contribution in [2.24, 2.45) is 0 Å². The lowest BCUT2D eigenvalue weighted by Crippen LogP contribution is -2.38. The Morgan fingerprint density at radius 2 is 2.17 bits per heavy atom. The van der Waals surface area contributed by atoms with Gasteiger partial charge in [-0.25, -0.2) is 0 Å². The summed E-state index contributed by atoms with van der Waals surface area (Å²) in [6.07, 6.45) is -0.139. The summed E-state index contributed by atoms with van der Waals surface area (Å²) >= 11 is 0. The highest BCUT2D eigenvalue weighted by molar-refractivity contribution is 5.77. The van der Waals surface area contributed by atoms with Gasteiger partial charge in [-0.1, -0.05) is 6.07 Å². The molecule has 0 spiro atoms. The molecule has 1 aromatic carbocycles. The number of amides is 1. The Morgan fingerprint density at radius 3 is 2.88 bits per heavy atom. The fraction of sp³-hybridized carbons (Fsp3) is 0.529. The topological polar surface area (TPSA) is 83.8 Å². The van der Waals surface area contributed by atoms with Gasteiger partial charge in [0.25, 0.3) is 0 Å². The summed E-state index contributed by atoms with van der Waals surface area (Å²) < 4.78 is 16.5. The van der Waals surface area contributed by atoms with Gasteiger partial charge >= 0.3 is 0 Å². The lowest BCUT2D eigenvalue weighted by atomic mass is 10.2. The summed E-state index contributed by atoms with van der Waals surface area (Å²) in [5, 5.41) is 11.2. The van der Waals surface area contributed by atoms with Gasteiger partial charge in [0.1, 0.15) is 13.0 Å². The minimum absolute atomic E-state index is 0.139. The normalized spacial score (nSPS) is 14.7. The second kappa shape index (κ2) is 9.75. The van der Waals surface area contributed by atoms with Crippen LogP contribution in [0.1, 0.15) is 12.0 Å². The van der Waals surface area contributed by atoms with E-state index in [9.17, 15) is 4.79 Å². The number of benzene rings is 1. The Morgan fingerprint density at radius 1 is 1.38 bits per heavy atom. The van der Waals surface area contributed by atoms with Crippen LogP contribution in [0.5, 0.6) is 11.5 Å². The maximum atomic E-state index is 11.3. The number of hydrogen-bond donors (Lipinski definition) is 1. The van der Waals surface area contributed by atoms with E-state index < -0.39 is 0 Å². The first kappa shape index (κ1) is 18.0. The number of methoxy groups -OCH3 is 1. The van der Waals surface area contributed by atoms with E-state index in [0.29, 0.717) is 24.7 Å². The molecule has 1 aromatic rings. The van der Waals surface area contributed by atoms with Crippen molar-refractivity contribution in [2.45, 2.75) is 13.0 Å². The predicted octanol–water partition coefficient (Wildman–Crippen LogP) is 0.936. The largest absolute Gasteiger partial charge is 0.493 e. The van der Waals surface area contributed by atoms with Crippen molar-refractivity contribution in [1.29, 1.82) is 5.26 Å². The molecule has 7 heteroatoms. The summed E-state index contributed by atoms with van der Waals surface area (Å²) in [4.78, 5) is 13.6. The molecule has 0 radical (unpaired) electrons. The molecular weight excluding hydrogens is 310 g/mol. The number of ether oxygens (including phenoxy) is 3. The van der Waals surface area contributed by atoms with E-state index in [1.807, 2.05) is 24.3 Å². The van der Waals surface area contributed by atoms with Gasteiger partial charge in [0.05, 0.1) is 26.4 Å². The number of carbonyl (C=O) groups excluding carboxylic acids is 1. The van der Waals surface area contributed by atoms with E-state index in [4.69, 9.17) is 19.5 Å². The van der Waals surface area contributed by atoms with Crippen LogP contribution in [0.25, 0.3) is 0 Å². The van der Waals surface area contributed by atoms with Gasteiger partial charge in [-0.2, -0.15) is 5.26 Å². The first-order valence-corrected chi connectivity index (χ1v) is 7.96. The summed E-state index contributed by atoms with van der Waals surface area (Å²) in [5.41, 5.74) is 0.888. The first-order valence-electron chi connectivity index (χ1n) is 7.96. The van der Waals surface area contributed by atoms with Gasteiger partial charge in [-0.05, 0) is 17.7 Å². The van der Waals surface area contributed by atoms with Crippen molar-refractivity contribution in [2.75, 3.05) is 46.6 Å². The maximum absolute atomic E-state index is 11.3. The fourth-order valence-corrected chi connectivity index (χ4v) is 2.39. The number of rotatable bonds is 8. The molecule has 1 saturated heterocycles. The van der Waals surface area contributed by atoms with Crippen LogP contribution >= 0.6 is 0 Å². The molecule has 0 aromatic heterocycles. The van der Waals surface area contributed by atoms with Crippen molar-refractivity contribution in [3.05, 3.63) is 23.8 Å². The molecule has 1 amide bonds. The number of nitriles is 1. The quantitative estimate of drug-likeness (QED) is 0.762. The highest BCUT2D eigenvalue weighted by atomic mass is 16.5. The molecule has 7 nitrogen and oxygen atoms in total. The van der Waals surface area contributed by atoms with E-state index >= 15 is 0 Å². The zero-order valence-corrected chi connectivity index (χ0v) is 13.9. The molecule has 130 valence electrons. The van der Waals surface area contributed by atoms with E-state index in [1.165, 1.54) is 0 Å². The van der Waals surface area contributed by atoms with E-state index in [-0.39, 0.29) is 12.3 Å². The molecule has 1 N–H and O–H groups in total.